The molecule has 1 aromatic heterocycles. The molecule has 1 atom stereocenters. The second-order valence-corrected chi connectivity index (χ2v) is 8.56. The predicted octanol–water partition coefficient (Wildman–Crippen LogP) is 2.43. The van der Waals surface area contributed by atoms with Crippen LogP contribution in [0.15, 0.2) is 18.3 Å². The van der Waals surface area contributed by atoms with Crippen LogP contribution in [0.5, 0.6) is 0 Å². The molecule has 6 heteroatoms. The van der Waals surface area contributed by atoms with Gasteiger partial charge in [-0.15, -0.1) is 0 Å². The standard InChI is InChI=1S/C21H30N4O2/c1-21(8-3-2-4-9-21)20(27)24-10-7-18-22-14-17(25(18)12-11-24)15-23-19(26)13-16-5-6-16/h2-3,14,16H,4-13,15H2,1H3,(H,23,26)/t21-/m1/s1. The maximum atomic E-state index is 13.1. The minimum absolute atomic E-state index is 0.136. The molecule has 1 fully saturated rings. The van der Waals surface area contributed by atoms with Gasteiger partial charge in [0.05, 0.1) is 23.9 Å². The van der Waals surface area contributed by atoms with Crippen LogP contribution in [0.2, 0.25) is 0 Å². The number of carbonyl (C=O) groups excluding carboxylic acids is 2. The van der Waals surface area contributed by atoms with Crippen LogP contribution >= 0.6 is 0 Å². The van der Waals surface area contributed by atoms with Crippen molar-refractivity contribution in [1.82, 2.24) is 19.8 Å². The molecule has 146 valence electrons. The first-order valence-corrected chi connectivity index (χ1v) is 10.3. The van der Waals surface area contributed by atoms with Gasteiger partial charge in [-0.3, -0.25) is 9.59 Å². The SMILES string of the molecule is C[C@@]1(C(=O)N2CCc3ncc(CNC(=O)CC4CC4)n3CC2)CC=CCC1. The fourth-order valence-corrected chi connectivity index (χ4v) is 4.22. The van der Waals surface area contributed by atoms with Crippen LogP contribution < -0.4 is 5.32 Å². The van der Waals surface area contributed by atoms with Crippen molar-refractivity contribution in [3.8, 4) is 0 Å². The van der Waals surface area contributed by atoms with E-state index in [0.29, 0.717) is 25.4 Å². The lowest BCUT2D eigenvalue weighted by atomic mass is 9.77. The Labute approximate surface area is 161 Å². The smallest absolute Gasteiger partial charge is 0.228 e. The highest BCUT2D eigenvalue weighted by atomic mass is 16.2. The van der Waals surface area contributed by atoms with Crippen LogP contribution in [0.4, 0.5) is 0 Å². The first kappa shape index (κ1) is 18.3. The molecule has 1 aromatic rings. The Kier molecular flexibility index (Phi) is 5.06. The molecule has 1 N–H and O–H groups in total. The zero-order valence-corrected chi connectivity index (χ0v) is 16.2. The van der Waals surface area contributed by atoms with Crippen LogP contribution in [-0.4, -0.2) is 39.4 Å². The Morgan fingerprint density at radius 1 is 1.26 bits per heavy atom. The molecular formula is C21H30N4O2. The number of nitrogens with one attached hydrogen (secondary N) is 1. The summed E-state index contributed by atoms with van der Waals surface area (Å²) >= 11 is 0. The van der Waals surface area contributed by atoms with Gasteiger partial charge in [0, 0.05) is 32.5 Å². The molecule has 3 aliphatic rings. The van der Waals surface area contributed by atoms with E-state index < -0.39 is 0 Å². The Morgan fingerprint density at radius 2 is 2.11 bits per heavy atom. The van der Waals surface area contributed by atoms with Gasteiger partial charge in [-0.1, -0.05) is 19.1 Å². The Morgan fingerprint density at radius 3 is 2.85 bits per heavy atom. The van der Waals surface area contributed by atoms with Crippen molar-refractivity contribution >= 4 is 11.8 Å². The van der Waals surface area contributed by atoms with Crippen molar-refractivity contribution < 1.29 is 9.59 Å². The zero-order valence-electron chi connectivity index (χ0n) is 16.2. The van der Waals surface area contributed by atoms with Gasteiger partial charge >= 0.3 is 0 Å². The molecule has 0 spiro atoms. The first-order chi connectivity index (χ1) is 13.0. The fourth-order valence-electron chi connectivity index (χ4n) is 4.22. The average Bonchev–Trinajstić information content (AvgIpc) is 3.43. The van der Waals surface area contributed by atoms with Gasteiger partial charge in [-0.2, -0.15) is 0 Å². The number of rotatable bonds is 5. The van der Waals surface area contributed by atoms with Gasteiger partial charge < -0.3 is 14.8 Å². The van der Waals surface area contributed by atoms with Crippen molar-refractivity contribution in [2.75, 3.05) is 13.1 Å². The van der Waals surface area contributed by atoms with E-state index in [4.69, 9.17) is 0 Å². The van der Waals surface area contributed by atoms with E-state index in [1.807, 2.05) is 11.1 Å². The lowest BCUT2D eigenvalue weighted by molar-refractivity contribution is -0.141. The Bertz CT molecular complexity index is 749. The lowest BCUT2D eigenvalue weighted by Gasteiger charge is -2.34. The van der Waals surface area contributed by atoms with E-state index in [9.17, 15) is 9.59 Å². The van der Waals surface area contributed by atoms with Gasteiger partial charge in [0.2, 0.25) is 11.8 Å². The minimum atomic E-state index is -0.263. The molecule has 0 radical (unpaired) electrons. The fraction of sp³-hybridized carbons (Fsp3) is 0.667. The summed E-state index contributed by atoms with van der Waals surface area (Å²) in [5.74, 6) is 2.03. The number of aromatic nitrogens is 2. The van der Waals surface area contributed by atoms with Crippen molar-refractivity contribution in [2.24, 2.45) is 11.3 Å². The van der Waals surface area contributed by atoms with Crippen LogP contribution in [0.3, 0.4) is 0 Å². The average molecular weight is 370 g/mol. The number of allylic oxidation sites excluding steroid dienone is 2. The van der Waals surface area contributed by atoms with Crippen LogP contribution in [-0.2, 0) is 29.1 Å². The minimum Gasteiger partial charge on any atom is -0.350 e. The second-order valence-electron chi connectivity index (χ2n) is 8.56. The third-order valence-electron chi connectivity index (χ3n) is 6.26. The van der Waals surface area contributed by atoms with Crippen molar-refractivity contribution in [3.05, 3.63) is 29.9 Å². The van der Waals surface area contributed by atoms with Gasteiger partial charge in [0.25, 0.3) is 0 Å². The van der Waals surface area contributed by atoms with Gasteiger partial charge in [-0.25, -0.2) is 4.98 Å². The van der Waals surface area contributed by atoms with E-state index in [1.165, 1.54) is 12.8 Å². The first-order valence-electron chi connectivity index (χ1n) is 10.3. The number of fused-ring (bicyclic) bond motifs is 1. The van der Waals surface area contributed by atoms with E-state index in [1.54, 1.807) is 0 Å². The summed E-state index contributed by atoms with van der Waals surface area (Å²) in [5.41, 5.74) is 0.774. The van der Waals surface area contributed by atoms with Gasteiger partial charge in [0.1, 0.15) is 5.82 Å². The van der Waals surface area contributed by atoms with Crippen LogP contribution in [0.1, 0.15) is 57.0 Å². The van der Waals surface area contributed by atoms with Crippen molar-refractivity contribution in [3.63, 3.8) is 0 Å². The van der Waals surface area contributed by atoms with Gasteiger partial charge in [-0.05, 0) is 38.0 Å². The number of carbonyl (C=O) groups is 2. The summed E-state index contributed by atoms with van der Waals surface area (Å²) in [5, 5.41) is 3.03. The molecule has 0 unspecified atom stereocenters. The maximum Gasteiger partial charge on any atom is 0.228 e. The van der Waals surface area contributed by atoms with Crippen molar-refractivity contribution in [1.29, 1.82) is 0 Å². The van der Waals surface area contributed by atoms with Crippen molar-refractivity contribution in [2.45, 2.75) is 65.0 Å². The molecule has 4 rings (SSSR count). The summed E-state index contributed by atoms with van der Waals surface area (Å²) in [4.78, 5) is 31.7. The highest BCUT2D eigenvalue weighted by Crippen LogP contribution is 2.34. The topological polar surface area (TPSA) is 67.2 Å². The third-order valence-corrected chi connectivity index (χ3v) is 6.26. The highest BCUT2D eigenvalue weighted by Gasteiger charge is 2.37. The quantitative estimate of drug-likeness (QED) is 0.810. The number of amides is 2. The second kappa shape index (κ2) is 7.49. The third kappa shape index (κ3) is 4.09. The van der Waals surface area contributed by atoms with Gasteiger partial charge in [0.15, 0.2) is 0 Å². The molecule has 0 aromatic carbocycles. The highest BCUT2D eigenvalue weighted by molar-refractivity contribution is 5.82. The molecule has 0 saturated heterocycles. The molecule has 1 saturated carbocycles. The number of hydrogen-bond acceptors (Lipinski definition) is 3. The summed E-state index contributed by atoms with van der Waals surface area (Å²) < 4.78 is 2.19. The number of nitrogens with zero attached hydrogens (tertiary/aromatic N) is 3. The molecular weight excluding hydrogens is 340 g/mol. The summed E-state index contributed by atoms with van der Waals surface area (Å²) in [7, 11) is 0. The zero-order chi connectivity index (χ0) is 18.9. The predicted molar refractivity (Wildman–Crippen MR) is 103 cm³/mol. The number of hydrogen-bond donors (Lipinski definition) is 1. The van der Waals surface area contributed by atoms with E-state index in [-0.39, 0.29) is 17.2 Å². The molecule has 2 heterocycles. The van der Waals surface area contributed by atoms with Crippen LogP contribution in [0.25, 0.3) is 0 Å². The van der Waals surface area contributed by atoms with E-state index in [2.05, 4.69) is 33.9 Å². The summed E-state index contributed by atoms with van der Waals surface area (Å²) in [6, 6.07) is 0. The molecule has 0 bridgehead atoms. The van der Waals surface area contributed by atoms with E-state index in [0.717, 1.165) is 50.3 Å². The van der Waals surface area contributed by atoms with Crippen LogP contribution in [0, 0.1) is 11.3 Å². The molecule has 2 aliphatic carbocycles. The van der Waals surface area contributed by atoms with E-state index >= 15 is 0 Å². The maximum absolute atomic E-state index is 13.1. The summed E-state index contributed by atoms with van der Waals surface area (Å²) in [6.45, 7) is 4.81. The monoisotopic (exact) mass is 370 g/mol. The normalized spacial score (nSPS) is 25.0. The summed E-state index contributed by atoms with van der Waals surface area (Å²) in [6.07, 6.45) is 12.8. The Balaban J connectivity index is 1.36. The molecule has 27 heavy (non-hydrogen) atoms. The number of imidazole rings is 1. The molecule has 1 aliphatic heterocycles. The molecule has 2 amide bonds. The molecule has 6 nitrogen and oxygen atoms in total. The largest absolute Gasteiger partial charge is 0.350 e. The Hall–Kier alpha value is -2.11. The lowest BCUT2D eigenvalue weighted by Crippen LogP contribution is -2.44.